The fraction of sp³-hybridized carbons (Fsp3) is 0.0377. The van der Waals surface area contributed by atoms with Crippen LogP contribution in [0.5, 0.6) is 0 Å². The van der Waals surface area contributed by atoms with Crippen molar-refractivity contribution in [1.82, 2.24) is 19.5 Å². The van der Waals surface area contributed by atoms with Gasteiger partial charge in [0.15, 0.2) is 17.5 Å². The zero-order valence-electron chi connectivity index (χ0n) is 32.0. The normalized spacial score (nSPS) is 11.6. The van der Waals surface area contributed by atoms with Crippen LogP contribution < -0.4 is 0 Å². The van der Waals surface area contributed by atoms with Gasteiger partial charge in [0.2, 0.25) is 0 Å². The Hall–Kier alpha value is -7.21. The topological polar surface area (TPSA) is 43.6 Å². The highest BCUT2D eigenvalue weighted by molar-refractivity contribution is 7.25. The molecule has 0 aliphatic carbocycles. The lowest BCUT2D eigenvalue weighted by atomic mass is 9.99. The molecule has 0 amide bonds. The molecular formula is C53H36N4S. The molecule has 8 aromatic carbocycles. The van der Waals surface area contributed by atoms with E-state index in [0.29, 0.717) is 17.5 Å². The number of thiophene rings is 1. The van der Waals surface area contributed by atoms with Gasteiger partial charge in [-0.25, -0.2) is 15.0 Å². The summed E-state index contributed by atoms with van der Waals surface area (Å²) in [5.41, 5.74) is 13.2. The molecule has 3 aromatic heterocycles. The Kier molecular flexibility index (Phi) is 8.09. The van der Waals surface area contributed by atoms with Crippen molar-refractivity contribution in [3.05, 3.63) is 193 Å². The predicted molar refractivity (Wildman–Crippen MR) is 244 cm³/mol. The lowest BCUT2D eigenvalue weighted by molar-refractivity contribution is 1.06. The second-order valence-corrected chi connectivity index (χ2v) is 16.1. The molecule has 0 spiro atoms. The molecule has 4 nitrogen and oxygen atoms in total. The minimum atomic E-state index is 0.615. The van der Waals surface area contributed by atoms with Gasteiger partial charge in [0, 0.05) is 47.6 Å². The van der Waals surface area contributed by atoms with Gasteiger partial charge in [0.25, 0.3) is 0 Å². The number of nitrogens with zero attached hydrogens (tertiary/aromatic N) is 4. The second-order valence-electron chi connectivity index (χ2n) is 15.0. The van der Waals surface area contributed by atoms with Crippen LogP contribution in [0.3, 0.4) is 0 Å². The highest BCUT2D eigenvalue weighted by Crippen LogP contribution is 2.41. The maximum atomic E-state index is 5.29. The second kappa shape index (κ2) is 13.8. The van der Waals surface area contributed by atoms with Gasteiger partial charge in [0.05, 0.1) is 16.7 Å². The first-order valence-electron chi connectivity index (χ1n) is 19.6. The molecule has 11 rings (SSSR count). The molecule has 0 fully saturated rings. The summed E-state index contributed by atoms with van der Waals surface area (Å²) in [4.78, 5) is 15.6. The van der Waals surface area contributed by atoms with E-state index in [2.05, 4.69) is 164 Å². The lowest BCUT2D eigenvalue weighted by Crippen LogP contribution is -2.04. The van der Waals surface area contributed by atoms with Crippen LogP contribution in [0.15, 0.2) is 182 Å². The zero-order chi connectivity index (χ0) is 38.7. The Labute approximate surface area is 340 Å². The summed E-state index contributed by atoms with van der Waals surface area (Å²) in [5, 5.41) is 4.96. The van der Waals surface area contributed by atoms with Gasteiger partial charge in [-0.05, 0) is 72.5 Å². The summed E-state index contributed by atoms with van der Waals surface area (Å²) < 4.78 is 4.96. The monoisotopic (exact) mass is 760 g/mol. The molecule has 0 saturated heterocycles. The third-order valence-corrected chi connectivity index (χ3v) is 12.3. The highest BCUT2D eigenvalue weighted by Gasteiger charge is 2.21. The van der Waals surface area contributed by atoms with Gasteiger partial charge in [0.1, 0.15) is 0 Å². The Balaban J connectivity index is 1.20. The Bertz CT molecular complexity index is 3280. The van der Waals surface area contributed by atoms with Crippen molar-refractivity contribution in [2.75, 3.05) is 0 Å². The number of benzene rings is 8. The molecule has 274 valence electrons. The average Bonchev–Trinajstić information content (AvgIpc) is 3.81. The van der Waals surface area contributed by atoms with Crippen molar-refractivity contribution in [1.29, 1.82) is 0 Å². The minimum Gasteiger partial charge on any atom is -0.308 e. The number of fused-ring (bicyclic) bond motifs is 6. The van der Waals surface area contributed by atoms with E-state index in [1.165, 1.54) is 53.2 Å². The van der Waals surface area contributed by atoms with E-state index >= 15 is 0 Å². The third-order valence-electron chi connectivity index (χ3n) is 11.1. The van der Waals surface area contributed by atoms with Crippen LogP contribution in [0, 0.1) is 13.8 Å². The Morgan fingerprint density at radius 3 is 1.62 bits per heavy atom. The van der Waals surface area contributed by atoms with Crippen molar-refractivity contribution in [2.24, 2.45) is 0 Å². The quantitative estimate of drug-likeness (QED) is 0.169. The Morgan fingerprint density at radius 2 is 0.897 bits per heavy atom. The first kappa shape index (κ1) is 34.1. The molecule has 0 unspecified atom stereocenters. The number of rotatable bonds is 6. The summed E-state index contributed by atoms with van der Waals surface area (Å²) >= 11 is 1.84. The minimum absolute atomic E-state index is 0.615. The van der Waals surface area contributed by atoms with Gasteiger partial charge >= 0.3 is 0 Å². The number of hydrogen-bond donors (Lipinski definition) is 0. The molecule has 0 aliphatic rings. The van der Waals surface area contributed by atoms with Crippen molar-refractivity contribution < 1.29 is 0 Å². The molecule has 58 heavy (non-hydrogen) atoms. The van der Waals surface area contributed by atoms with Gasteiger partial charge in [-0.15, -0.1) is 11.3 Å². The molecule has 0 atom stereocenters. The van der Waals surface area contributed by atoms with Crippen molar-refractivity contribution in [3.63, 3.8) is 0 Å². The number of para-hydroxylation sites is 1. The SMILES string of the molecule is Cc1cc(C)cc(-c2ccc3c4ccccc4n(-c4ccc(-c5ccc6c(c5)sc5ccccc56)cc4-c4nc(-c5ccccc5)nc(-c5ccccc5)n4)c3c2)c1. The Morgan fingerprint density at radius 1 is 0.362 bits per heavy atom. The zero-order valence-corrected chi connectivity index (χ0v) is 32.8. The molecule has 3 heterocycles. The molecule has 0 radical (unpaired) electrons. The van der Waals surface area contributed by atoms with Gasteiger partial charge in [-0.1, -0.05) is 157 Å². The van der Waals surface area contributed by atoms with Crippen LogP contribution in [-0.2, 0) is 0 Å². The van der Waals surface area contributed by atoms with E-state index in [4.69, 9.17) is 15.0 Å². The fourth-order valence-corrected chi connectivity index (χ4v) is 9.62. The van der Waals surface area contributed by atoms with Gasteiger partial charge in [-0.2, -0.15) is 0 Å². The van der Waals surface area contributed by atoms with Crippen LogP contribution in [0.4, 0.5) is 0 Å². The standard InChI is InChI=1S/C53H36N4S/c1-33-27-34(2)29-40(28-33)38-21-24-42-41-17-9-11-19-46(41)57(48(42)31-38)47-26-23-37(39-22-25-44-43-18-10-12-20-49(43)58-50(44)32-39)30-45(47)53-55-51(35-13-5-3-6-14-35)54-52(56-53)36-15-7-4-8-16-36/h3-32H,1-2H3. The van der Waals surface area contributed by atoms with Crippen LogP contribution >= 0.6 is 11.3 Å². The molecular weight excluding hydrogens is 725 g/mol. The summed E-state index contributed by atoms with van der Waals surface area (Å²) in [7, 11) is 0. The predicted octanol–water partition coefficient (Wildman–Crippen LogP) is 14.3. The lowest BCUT2D eigenvalue weighted by Gasteiger charge is -2.17. The number of hydrogen-bond acceptors (Lipinski definition) is 4. The third kappa shape index (κ3) is 5.87. The summed E-state index contributed by atoms with van der Waals surface area (Å²) in [5.74, 6) is 1.88. The van der Waals surface area contributed by atoms with E-state index < -0.39 is 0 Å². The highest BCUT2D eigenvalue weighted by atomic mass is 32.1. The van der Waals surface area contributed by atoms with E-state index in [9.17, 15) is 0 Å². The van der Waals surface area contributed by atoms with Gasteiger partial charge in [-0.3, -0.25) is 0 Å². The number of aromatic nitrogens is 4. The first-order valence-corrected chi connectivity index (χ1v) is 20.4. The van der Waals surface area contributed by atoms with E-state index in [-0.39, 0.29) is 0 Å². The molecule has 5 heteroatoms. The van der Waals surface area contributed by atoms with E-state index in [0.717, 1.165) is 44.5 Å². The molecule has 0 bridgehead atoms. The first-order chi connectivity index (χ1) is 28.5. The van der Waals surface area contributed by atoms with Crippen molar-refractivity contribution in [3.8, 4) is 62.1 Å². The summed E-state index contributed by atoms with van der Waals surface area (Å²) in [6.45, 7) is 4.33. The fourth-order valence-electron chi connectivity index (χ4n) is 8.48. The number of aryl methyl sites for hydroxylation is 2. The largest absolute Gasteiger partial charge is 0.308 e. The smallest absolute Gasteiger partial charge is 0.166 e. The summed E-state index contributed by atoms with van der Waals surface area (Å²) in [6.07, 6.45) is 0. The van der Waals surface area contributed by atoms with Crippen LogP contribution in [0.2, 0.25) is 0 Å². The van der Waals surface area contributed by atoms with Crippen molar-refractivity contribution >= 4 is 53.3 Å². The van der Waals surface area contributed by atoms with Crippen molar-refractivity contribution in [2.45, 2.75) is 13.8 Å². The van der Waals surface area contributed by atoms with Crippen LogP contribution in [-0.4, -0.2) is 19.5 Å². The molecule has 0 aliphatic heterocycles. The maximum Gasteiger partial charge on any atom is 0.166 e. The molecule has 0 saturated carbocycles. The molecule has 11 aromatic rings. The molecule has 0 N–H and O–H groups in total. The van der Waals surface area contributed by atoms with E-state index in [1.807, 2.05) is 47.7 Å². The van der Waals surface area contributed by atoms with Crippen LogP contribution in [0.25, 0.3) is 104 Å². The van der Waals surface area contributed by atoms with Crippen LogP contribution in [0.1, 0.15) is 11.1 Å². The summed E-state index contributed by atoms with van der Waals surface area (Å²) in [6, 6.07) is 65.0. The maximum absolute atomic E-state index is 5.29. The van der Waals surface area contributed by atoms with Gasteiger partial charge < -0.3 is 4.57 Å². The van der Waals surface area contributed by atoms with E-state index in [1.54, 1.807) is 0 Å². The average molecular weight is 761 g/mol.